The number of fused-ring (bicyclic) bond motifs is 1. The lowest BCUT2D eigenvalue weighted by Crippen LogP contribution is -2.26. The van der Waals surface area contributed by atoms with E-state index in [4.69, 9.17) is 5.11 Å². The second-order valence-electron chi connectivity index (χ2n) is 8.06. The third kappa shape index (κ3) is 2.89. The minimum Gasteiger partial charge on any atom is -0.481 e. The lowest BCUT2D eigenvalue weighted by molar-refractivity contribution is -0.139. The van der Waals surface area contributed by atoms with E-state index in [1.807, 2.05) is 0 Å². The van der Waals surface area contributed by atoms with Crippen LogP contribution in [-0.2, 0) is 4.79 Å². The molecule has 0 unspecified atom stereocenters. The fraction of sp³-hybridized carbons (Fsp3) is 0.750. The van der Waals surface area contributed by atoms with Gasteiger partial charge in [-0.05, 0) is 68.1 Å². The van der Waals surface area contributed by atoms with Crippen molar-refractivity contribution in [2.75, 3.05) is 0 Å². The van der Waals surface area contributed by atoms with E-state index in [1.54, 1.807) is 11.1 Å². The van der Waals surface area contributed by atoms with Gasteiger partial charge in [-0.25, -0.2) is 0 Å². The minimum atomic E-state index is -0.623. The summed E-state index contributed by atoms with van der Waals surface area (Å²) in [4.78, 5) is 11.1. The van der Waals surface area contributed by atoms with Crippen LogP contribution in [-0.4, -0.2) is 11.1 Å². The fourth-order valence-corrected chi connectivity index (χ4v) is 5.31. The van der Waals surface area contributed by atoms with Crippen LogP contribution >= 0.6 is 0 Å². The van der Waals surface area contributed by atoms with Gasteiger partial charge in [-0.2, -0.15) is 0 Å². The summed E-state index contributed by atoms with van der Waals surface area (Å²) in [7, 11) is 0. The highest BCUT2D eigenvalue weighted by molar-refractivity contribution is 5.67. The number of hydrogen-bond acceptors (Lipinski definition) is 1. The first kappa shape index (κ1) is 15.8. The van der Waals surface area contributed by atoms with Crippen molar-refractivity contribution in [1.82, 2.24) is 0 Å². The molecule has 0 heterocycles. The zero-order valence-corrected chi connectivity index (χ0v) is 14.1. The molecule has 22 heavy (non-hydrogen) atoms. The van der Waals surface area contributed by atoms with E-state index in [-0.39, 0.29) is 5.41 Å². The molecule has 0 aromatic rings. The summed E-state index contributed by atoms with van der Waals surface area (Å²) in [6.07, 6.45) is 15.2. The van der Waals surface area contributed by atoms with Crippen molar-refractivity contribution in [3.63, 3.8) is 0 Å². The van der Waals surface area contributed by atoms with E-state index >= 15 is 0 Å². The average Bonchev–Trinajstić information content (AvgIpc) is 2.95. The van der Waals surface area contributed by atoms with Gasteiger partial charge in [0.25, 0.3) is 0 Å². The molecule has 0 saturated heterocycles. The number of carboxylic acids is 1. The molecule has 0 aromatic carbocycles. The van der Waals surface area contributed by atoms with Gasteiger partial charge in [-0.1, -0.05) is 43.6 Å². The first-order chi connectivity index (χ1) is 10.5. The number of allylic oxidation sites excluding steroid dienone is 4. The molecule has 1 N–H and O–H groups in total. The van der Waals surface area contributed by atoms with Gasteiger partial charge in [0.2, 0.25) is 0 Å². The van der Waals surface area contributed by atoms with E-state index in [9.17, 15) is 4.79 Å². The van der Waals surface area contributed by atoms with Crippen LogP contribution in [0.15, 0.2) is 23.3 Å². The number of hydrogen-bond donors (Lipinski definition) is 1. The number of aliphatic carboxylic acids is 1. The van der Waals surface area contributed by atoms with Gasteiger partial charge in [0.1, 0.15) is 0 Å². The summed E-state index contributed by atoms with van der Waals surface area (Å²) in [6.45, 7) is 4.70. The van der Waals surface area contributed by atoms with Gasteiger partial charge < -0.3 is 5.11 Å². The number of rotatable bonds is 3. The Morgan fingerprint density at radius 3 is 2.68 bits per heavy atom. The summed E-state index contributed by atoms with van der Waals surface area (Å²) in [5.74, 6) is 1.14. The van der Waals surface area contributed by atoms with Crippen LogP contribution in [0.5, 0.6) is 0 Å². The van der Waals surface area contributed by atoms with Gasteiger partial charge >= 0.3 is 5.97 Å². The van der Waals surface area contributed by atoms with Gasteiger partial charge in [0.15, 0.2) is 0 Å². The van der Waals surface area contributed by atoms with E-state index < -0.39 is 5.97 Å². The van der Waals surface area contributed by atoms with Crippen molar-refractivity contribution in [2.24, 2.45) is 23.2 Å². The second-order valence-corrected chi connectivity index (χ2v) is 8.06. The normalized spacial score (nSPS) is 42.0. The summed E-state index contributed by atoms with van der Waals surface area (Å²) in [5, 5.41) is 9.15. The molecule has 0 spiro atoms. The molecule has 2 nitrogen and oxygen atoms in total. The Kier molecular flexibility index (Phi) is 4.47. The van der Waals surface area contributed by atoms with Crippen molar-refractivity contribution in [3.8, 4) is 0 Å². The molecule has 3 aliphatic carbocycles. The molecule has 3 saturated carbocycles. The molecular formula is C20H30O2. The number of carbonyl (C=O) groups is 1. The predicted octanol–water partition coefficient (Wildman–Crippen LogP) is 5.35. The quantitative estimate of drug-likeness (QED) is 0.763. The fourth-order valence-electron chi connectivity index (χ4n) is 5.31. The Morgan fingerprint density at radius 2 is 1.95 bits per heavy atom. The van der Waals surface area contributed by atoms with Gasteiger partial charge in [0, 0.05) is 6.42 Å². The van der Waals surface area contributed by atoms with E-state index in [2.05, 4.69) is 26.0 Å². The molecule has 0 bridgehead atoms. The first-order valence-corrected chi connectivity index (χ1v) is 9.12. The molecule has 0 aliphatic heterocycles. The predicted molar refractivity (Wildman–Crippen MR) is 89.6 cm³/mol. The highest BCUT2D eigenvalue weighted by Crippen LogP contribution is 2.60. The van der Waals surface area contributed by atoms with Crippen molar-refractivity contribution in [3.05, 3.63) is 23.3 Å². The van der Waals surface area contributed by atoms with E-state index in [1.165, 1.54) is 44.9 Å². The zero-order valence-electron chi connectivity index (χ0n) is 14.1. The Hall–Kier alpha value is -1.05. The van der Waals surface area contributed by atoms with E-state index in [0.29, 0.717) is 18.3 Å². The molecular weight excluding hydrogens is 272 g/mol. The van der Waals surface area contributed by atoms with Crippen LogP contribution in [0.4, 0.5) is 0 Å². The van der Waals surface area contributed by atoms with Gasteiger partial charge in [0.05, 0.1) is 0 Å². The average molecular weight is 302 g/mol. The summed E-state index contributed by atoms with van der Waals surface area (Å²) >= 11 is 0. The maximum Gasteiger partial charge on any atom is 0.303 e. The SMILES string of the molecule is C[C@H]1CCCCC1=CC=C1CC[C@]2(C)[C@@H](CC(=O)O)CC[C@@H]12. The molecule has 3 rings (SSSR count). The van der Waals surface area contributed by atoms with Crippen molar-refractivity contribution in [1.29, 1.82) is 0 Å². The van der Waals surface area contributed by atoms with Crippen LogP contribution in [0, 0.1) is 23.2 Å². The molecule has 122 valence electrons. The maximum atomic E-state index is 11.1. The molecule has 0 radical (unpaired) electrons. The van der Waals surface area contributed by atoms with Crippen LogP contribution in [0.1, 0.15) is 71.6 Å². The van der Waals surface area contributed by atoms with Crippen LogP contribution in [0.3, 0.4) is 0 Å². The third-order valence-corrected chi connectivity index (χ3v) is 6.85. The maximum absolute atomic E-state index is 11.1. The molecule has 0 aromatic heterocycles. The zero-order chi connectivity index (χ0) is 15.7. The molecule has 4 atom stereocenters. The van der Waals surface area contributed by atoms with Gasteiger partial charge in [-0.3, -0.25) is 4.79 Å². The van der Waals surface area contributed by atoms with Crippen molar-refractivity contribution < 1.29 is 9.90 Å². The summed E-state index contributed by atoms with van der Waals surface area (Å²) in [5.41, 5.74) is 3.47. The third-order valence-electron chi connectivity index (χ3n) is 6.85. The topological polar surface area (TPSA) is 37.3 Å². The standard InChI is InChI=1S/C20H30O2/c1-14-5-3-4-6-15(14)7-8-16-11-12-20(2)17(13-19(21)22)9-10-18(16)20/h7-8,14,17-18H,3-6,9-13H2,1-2H3,(H,21,22)/t14-,17+,18-,20+/m0/s1. The monoisotopic (exact) mass is 302 g/mol. The Labute approximate surface area is 134 Å². The molecule has 3 fully saturated rings. The Morgan fingerprint density at radius 1 is 1.18 bits per heavy atom. The highest BCUT2D eigenvalue weighted by Gasteiger charge is 2.51. The van der Waals surface area contributed by atoms with Crippen molar-refractivity contribution in [2.45, 2.75) is 71.6 Å². The highest BCUT2D eigenvalue weighted by atomic mass is 16.4. The Balaban J connectivity index is 1.74. The molecule has 2 heteroatoms. The number of carboxylic acid groups (broad SMARTS) is 1. The molecule has 3 aliphatic rings. The smallest absolute Gasteiger partial charge is 0.303 e. The minimum absolute atomic E-state index is 0.237. The second kappa shape index (κ2) is 6.22. The van der Waals surface area contributed by atoms with Crippen LogP contribution < -0.4 is 0 Å². The lowest BCUT2D eigenvalue weighted by atomic mass is 9.74. The lowest BCUT2D eigenvalue weighted by Gasteiger charge is -2.30. The van der Waals surface area contributed by atoms with E-state index in [0.717, 1.165) is 12.3 Å². The summed E-state index contributed by atoms with van der Waals surface area (Å²) in [6, 6.07) is 0. The summed E-state index contributed by atoms with van der Waals surface area (Å²) < 4.78 is 0. The van der Waals surface area contributed by atoms with Gasteiger partial charge in [-0.15, -0.1) is 0 Å². The largest absolute Gasteiger partial charge is 0.481 e. The van der Waals surface area contributed by atoms with Crippen LogP contribution in [0.25, 0.3) is 0 Å². The van der Waals surface area contributed by atoms with Crippen LogP contribution in [0.2, 0.25) is 0 Å². The molecule has 0 amide bonds. The Bertz CT molecular complexity index is 502. The first-order valence-electron chi connectivity index (χ1n) is 9.12. The van der Waals surface area contributed by atoms with Crippen molar-refractivity contribution >= 4 is 5.97 Å².